The Labute approximate surface area is 76.3 Å². The third-order valence-corrected chi connectivity index (χ3v) is 3.13. The number of hydrogen-bond donors (Lipinski definition) is 0. The Hall–Kier alpha value is 0.110. The highest BCUT2D eigenvalue weighted by molar-refractivity contribution is 8.00. The fourth-order valence-electron chi connectivity index (χ4n) is 1.32. The van der Waals surface area contributed by atoms with Crippen LogP contribution < -0.4 is 0 Å². The first kappa shape index (κ1) is 9.20. The van der Waals surface area contributed by atoms with E-state index in [1.165, 1.54) is 0 Å². The Bertz CT molecular complexity index is 155. The first-order chi connectivity index (χ1) is 5.09. The van der Waals surface area contributed by atoms with Gasteiger partial charge in [-0.2, -0.15) is 11.8 Å². The van der Waals surface area contributed by atoms with Crippen molar-refractivity contribution in [1.82, 2.24) is 4.90 Å². The summed E-state index contributed by atoms with van der Waals surface area (Å²) in [5.41, 5.74) is 0. The second-order valence-corrected chi connectivity index (χ2v) is 5.12. The maximum atomic E-state index is 10.8. The zero-order valence-electron chi connectivity index (χ0n) is 6.71. The predicted octanol–water partition coefficient (Wildman–Crippen LogP) is 2.17. The lowest BCUT2D eigenvalue weighted by molar-refractivity contribution is 0.221. The van der Waals surface area contributed by atoms with Crippen LogP contribution in [0.1, 0.15) is 13.8 Å². The number of nitrogens with zero attached hydrogens (tertiary/aromatic N) is 1. The lowest BCUT2D eigenvalue weighted by Gasteiger charge is -2.32. The number of carbonyl (C=O) groups excluding carboxylic acids is 1. The number of amides is 1. The zero-order valence-corrected chi connectivity index (χ0v) is 8.28. The van der Waals surface area contributed by atoms with Gasteiger partial charge in [0.25, 0.3) is 0 Å². The van der Waals surface area contributed by atoms with E-state index in [4.69, 9.17) is 11.6 Å². The third kappa shape index (κ3) is 2.56. The summed E-state index contributed by atoms with van der Waals surface area (Å²) in [5, 5.41) is 0.715. The van der Waals surface area contributed by atoms with E-state index in [-0.39, 0.29) is 5.37 Å². The van der Waals surface area contributed by atoms with Crippen LogP contribution in [0, 0.1) is 0 Å². The van der Waals surface area contributed by atoms with E-state index < -0.39 is 0 Å². The van der Waals surface area contributed by atoms with Crippen molar-refractivity contribution < 1.29 is 4.79 Å². The van der Waals surface area contributed by atoms with Crippen LogP contribution in [0.4, 0.5) is 4.79 Å². The van der Waals surface area contributed by atoms with E-state index in [9.17, 15) is 4.79 Å². The van der Waals surface area contributed by atoms with E-state index in [1.54, 1.807) is 4.90 Å². The average molecular weight is 194 g/mol. The first-order valence-electron chi connectivity index (χ1n) is 3.69. The summed E-state index contributed by atoms with van der Waals surface area (Å²) in [6.45, 7) is 5.81. The van der Waals surface area contributed by atoms with Gasteiger partial charge in [-0.15, -0.1) is 0 Å². The van der Waals surface area contributed by atoms with Gasteiger partial charge in [-0.1, -0.05) is 13.8 Å². The molecule has 0 N–H and O–H groups in total. The van der Waals surface area contributed by atoms with E-state index >= 15 is 0 Å². The minimum absolute atomic E-state index is 0.316. The average Bonchev–Trinajstić information content (AvgIpc) is 1.85. The molecule has 0 aliphatic carbocycles. The van der Waals surface area contributed by atoms with Crippen LogP contribution in [-0.2, 0) is 0 Å². The summed E-state index contributed by atoms with van der Waals surface area (Å²) in [5.74, 6) is 0. The van der Waals surface area contributed by atoms with Crippen LogP contribution >= 0.6 is 23.4 Å². The van der Waals surface area contributed by atoms with Crippen LogP contribution in [0.15, 0.2) is 0 Å². The van der Waals surface area contributed by atoms with Crippen LogP contribution in [0.25, 0.3) is 0 Å². The molecule has 0 spiro atoms. The van der Waals surface area contributed by atoms with Gasteiger partial charge in [-0.25, -0.2) is 0 Å². The predicted molar refractivity (Wildman–Crippen MR) is 49.3 cm³/mol. The highest BCUT2D eigenvalue weighted by Crippen LogP contribution is 2.25. The van der Waals surface area contributed by atoms with Gasteiger partial charge in [0.1, 0.15) is 0 Å². The monoisotopic (exact) mass is 193 g/mol. The van der Waals surface area contributed by atoms with Crippen LogP contribution in [0.2, 0.25) is 0 Å². The molecular formula is C7H12ClNOS. The Morgan fingerprint density at radius 1 is 1.45 bits per heavy atom. The normalized spacial score (nSPS) is 32.1. The fraction of sp³-hybridized carbons (Fsp3) is 0.857. The van der Waals surface area contributed by atoms with E-state index in [0.29, 0.717) is 10.5 Å². The topological polar surface area (TPSA) is 20.3 Å². The molecule has 0 bridgehead atoms. The fourth-order valence-corrected chi connectivity index (χ4v) is 2.78. The molecule has 0 radical (unpaired) electrons. The van der Waals surface area contributed by atoms with E-state index in [0.717, 1.165) is 13.1 Å². The van der Waals surface area contributed by atoms with Crippen molar-refractivity contribution in [2.24, 2.45) is 0 Å². The largest absolute Gasteiger partial charge is 0.327 e. The summed E-state index contributed by atoms with van der Waals surface area (Å²) >= 11 is 7.27. The second-order valence-electron chi connectivity index (χ2n) is 2.92. The molecule has 1 aliphatic rings. The van der Waals surface area contributed by atoms with Crippen LogP contribution in [0.3, 0.4) is 0 Å². The van der Waals surface area contributed by atoms with Crippen LogP contribution in [0.5, 0.6) is 0 Å². The Balaban J connectivity index is 2.49. The molecule has 11 heavy (non-hydrogen) atoms. The molecule has 0 saturated carbocycles. The van der Waals surface area contributed by atoms with Gasteiger partial charge in [0.15, 0.2) is 0 Å². The van der Waals surface area contributed by atoms with Gasteiger partial charge in [0.05, 0.1) is 0 Å². The molecule has 2 nitrogen and oxygen atoms in total. The van der Waals surface area contributed by atoms with Crippen molar-refractivity contribution in [2.45, 2.75) is 24.3 Å². The van der Waals surface area contributed by atoms with E-state index in [2.05, 4.69) is 13.8 Å². The molecule has 4 heteroatoms. The van der Waals surface area contributed by atoms with E-state index in [1.807, 2.05) is 11.8 Å². The summed E-state index contributed by atoms with van der Waals surface area (Å²) in [6.07, 6.45) is 0. The van der Waals surface area contributed by atoms with Crippen LogP contribution in [-0.4, -0.2) is 33.9 Å². The molecule has 0 aromatic heterocycles. The Morgan fingerprint density at radius 2 is 1.91 bits per heavy atom. The highest BCUT2D eigenvalue weighted by Gasteiger charge is 2.24. The molecule has 0 aromatic rings. The standard InChI is InChI=1S/C7H12ClNOS/c1-5-3-9(7(8)10)4-6(2)11-5/h5-6H,3-4H2,1-2H3/t5-,6+. The lowest BCUT2D eigenvalue weighted by Crippen LogP contribution is -2.41. The van der Waals surface area contributed by atoms with Crippen molar-refractivity contribution in [3.8, 4) is 0 Å². The molecule has 2 atom stereocenters. The maximum Gasteiger partial charge on any atom is 0.316 e. The molecule has 1 aliphatic heterocycles. The van der Waals surface area contributed by atoms with Crippen molar-refractivity contribution in [2.75, 3.05) is 13.1 Å². The molecule has 1 fully saturated rings. The molecule has 1 rings (SSSR count). The first-order valence-corrected chi connectivity index (χ1v) is 5.01. The third-order valence-electron chi connectivity index (χ3n) is 1.67. The van der Waals surface area contributed by atoms with Gasteiger partial charge in [0, 0.05) is 23.6 Å². The molecular weight excluding hydrogens is 182 g/mol. The van der Waals surface area contributed by atoms with Gasteiger partial charge >= 0.3 is 5.37 Å². The minimum atomic E-state index is -0.316. The molecule has 64 valence electrons. The molecule has 1 heterocycles. The summed E-state index contributed by atoms with van der Waals surface area (Å²) < 4.78 is 0. The quantitative estimate of drug-likeness (QED) is 0.434. The molecule has 1 amide bonds. The maximum absolute atomic E-state index is 10.8. The summed E-state index contributed by atoms with van der Waals surface area (Å²) in [6, 6.07) is 0. The van der Waals surface area contributed by atoms with Crippen molar-refractivity contribution >= 4 is 28.7 Å². The highest BCUT2D eigenvalue weighted by atomic mass is 35.5. The van der Waals surface area contributed by atoms with Gasteiger partial charge in [-0.05, 0) is 11.6 Å². The lowest BCUT2D eigenvalue weighted by atomic mass is 10.3. The number of carbonyl (C=O) groups is 1. The number of thioether (sulfide) groups is 1. The number of rotatable bonds is 0. The minimum Gasteiger partial charge on any atom is -0.327 e. The van der Waals surface area contributed by atoms with Crippen molar-refractivity contribution in [3.63, 3.8) is 0 Å². The number of halogens is 1. The van der Waals surface area contributed by atoms with Gasteiger partial charge in [-0.3, -0.25) is 4.79 Å². The second kappa shape index (κ2) is 3.68. The smallest absolute Gasteiger partial charge is 0.316 e. The Kier molecular flexibility index (Phi) is 3.07. The molecule has 0 aromatic carbocycles. The zero-order chi connectivity index (χ0) is 8.43. The SMILES string of the molecule is C[C@@H]1CN(C(=O)Cl)C[C@H](C)S1. The summed E-state index contributed by atoms with van der Waals surface area (Å²) in [4.78, 5) is 12.5. The van der Waals surface area contributed by atoms with Crippen molar-refractivity contribution in [1.29, 1.82) is 0 Å². The van der Waals surface area contributed by atoms with Gasteiger partial charge in [0.2, 0.25) is 0 Å². The van der Waals surface area contributed by atoms with Gasteiger partial charge < -0.3 is 4.90 Å². The Morgan fingerprint density at radius 3 is 2.27 bits per heavy atom. The number of hydrogen-bond acceptors (Lipinski definition) is 2. The van der Waals surface area contributed by atoms with Crippen molar-refractivity contribution in [3.05, 3.63) is 0 Å². The molecule has 0 unspecified atom stereocenters. The summed E-state index contributed by atoms with van der Waals surface area (Å²) in [7, 11) is 0. The molecule has 1 saturated heterocycles.